The Hall–Kier alpha value is -1.61. The number of aromatic nitrogens is 2. The van der Waals surface area contributed by atoms with Gasteiger partial charge in [0.15, 0.2) is 0 Å². The number of aryl methyl sites for hydroxylation is 1. The molecular formula is C15H21N3. The SMILES string of the molecule is CCCNC(c1ccc(CC)cc1)c1cn[nH]c1. The van der Waals surface area contributed by atoms with Gasteiger partial charge >= 0.3 is 0 Å². The Morgan fingerprint density at radius 2 is 1.94 bits per heavy atom. The van der Waals surface area contributed by atoms with E-state index in [9.17, 15) is 0 Å². The quantitative estimate of drug-likeness (QED) is 0.818. The summed E-state index contributed by atoms with van der Waals surface area (Å²) in [5, 5.41) is 10.5. The van der Waals surface area contributed by atoms with Gasteiger partial charge in [-0.2, -0.15) is 5.10 Å². The van der Waals surface area contributed by atoms with Gasteiger partial charge in [-0.05, 0) is 30.5 Å². The minimum Gasteiger partial charge on any atom is -0.306 e. The lowest BCUT2D eigenvalue weighted by molar-refractivity contribution is 0.598. The van der Waals surface area contributed by atoms with Gasteiger partial charge in [-0.25, -0.2) is 0 Å². The van der Waals surface area contributed by atoms with E-state index in [0.29, 0.717) is 0 Å². The topological polar surface area (TPSA) is 40.7 Å². The summed E-state index contributed by atoms with van der Waals surface area (Å²) in [7, 11) is 0. The van der Waals surface area contributed by atoms with E-state index in [0.717, 1.165) is 19.4 Å². The molecule has 0 aliphatic heterocycles. The highest BCUT2D eigenvalue weighted by molar-refractivity contribution is 5.31. The number of nitrogens with zero attached hydrogens (tertiary/aromatic N) is 1. The second-order valence-electron chi connectivity index (χ2n) is 4.51. The predicted octanol–water partition coefficient (Wildman–Crippen LogP) is 3.06. The average Bonchev–Trinajstić information content (AvgIpc) is 2.94. The van der Waals surface area contributed by atoms with Crippen molar-refractivity contribution in [1.29, 1.82) is 0 Å². The fourth-order valence-corrected chi connectivity index (χ4v) is 2.08. The van der Waals surface area contributed by atoms with Gasteiger partial charge in [0.25, 0.3) is 0 Å². The molecule has 0 saturated carbocycles. The van der Waals surface area contributed by atoms with Crippen molar-refractivity contribution < 1.29 is 0 Å². The molecule has 2 N–H and O–H groups in total. The first-order valence-electron chi connectivity index (χ1n) is 6.66. The van der Waals surface area contributed by atoms with E-state index in [2.05, 4.69) is 53.6 Å². The van der Waals surface area contributed by atoms with Crippen LogP contribution >= 0.6 is 0 Å². The molecule has 0 aliphatic carbocycles. The molecule has 1 aromatic heterocycles. The van der Waals surface area contributed by atoms with Crippen LogP contribution in [0.25, 0.3) is 0 Å². The maximum absolute atomic E-state index is 4.05. The fourth-order valence-electron chi connectivity index (χ4n) is 2.08. The van der Waals surface area contributed by atoms with E-state index in [1.54, 1.807) is 0 Å². The van der Waals surface area contributed by atoms with Crippen molar-refractivity contribution in [1.82, 2.24) is 15.5 Å². The van der Waals surface area contributed by atoms with Crippen molar-refractivity contribution in [3.63, 3.8) is 0 Å². The van der Waals surface area contributed by atoms with Gasteiger partial charge in [0.05, 0.1) is 12.2 Å². The molecule has 0 amide bonds. The van der Waals surface area contributed by atoms with Crippen molar-refractivity contribution in [2.45, 2.75) is 32.7 Å². The summed E-state index contributed by atoms with van der Waals surface area (Å²) >= 11 is 0. The molecule has 0 spiro atoms. The molecule has 3 heteroatoms. The Morgan fingerprint density at radius 3 is 2.50 bits per heavy atom. The lowest BCUT2D eigenvalue weighted by atomic mass is 9.99. The molecule has 96 valence electrons. The maximum Gasteiger partial charge on any atom is 0.0607 e. The Balaban J connectivity index is 2.21. The van der Waals surface area contributed by atoms with Crippen LogP contribution in [0.4, 0.5) is 0 Å². The molecule has 1 heterocycles. The summed E-state index contributed by atoms with van der Waals surface area (Å²) in [6.07, 6.45) is 6.06. The largest absolute Gasteiger partial charge is 0.306 e. The zero-order chi connectivity index (χ0) is 12.8. The zero-order valence-electron chi connectivity index (χ0n) is 11.1. The molecule has 0 fully saturated rings. The van der Waals surface area contributed by atoms with Gasteiger partial charge < -0.3 is 5.32 Å². The van der Waals surface area contributed by atoms with Crippen LogP contribution in [0, 0.1) is 0 Å². The highest BCUT2D eigenvalue weighted by Gasteiger charge is 2.13. The van der Waals surface area contributed by atoms with E-state index in [-0.39, 0.29) is 6.04 Å². The zero-order valence-corrected chi connectivity index (χ0v) is 11.1. The number of hydrogen-bond acceptors (Lipinski definition) is 2. The summed E-state index contributed by atoms with van der Waals surface area (Å²) in [5.74, 6) is 0. The highest BCUT2D eigenvalue weighted by Crippen LogP contribution is 2.21. The van der Waals surface area contributed by atoms with Gasteiger partial charge in [0, 0.05) is 11.8 Å². The Labute approximate surface area is 109 Å². The molecule has 0 aliphatic rings. The third-order valence-electron chi connectivity index (χ3n) is 3.17. The minimum absolute atomic E-state index is 0.231. The molecule has 2 rings (SSSR count). The van der Waals surface area contributed by atoms with E-state index >= 15 is 0 Å². The monoisotopic (exact) mass is 243 g/mol. The van der Waals surface area contributed by atoms with Crippen LogP contribution in [-0.2, 0) is 6.42 Å². The number of H-pyrrole nitrogens is 1. The van der Waals surface area contributed by atoms with Crippen LogP contribution in [0.15, 0.2) is 36.7 Å². The summed E-state index contributed by atoms with van der Waals surface area (Å²) < 4.78 is 0. The van der Waals surface area contributed by atoms with E-state index in [1.165, 1.54) is 16.7 Å². The van der Waals surface area contributed by atoms with Gasteiger partial charge in [-0.3, -0.25) is 5.10 Å². The van der Waals surface area contributed by atoms with Crippen molar-refractivity contribution in [2.24, 2.45) is 0 Å². The van der Waals surface area contributed by atoms with Crippen molar-refractivity contribution in [3.05, 3.63) is 53.3 Å². The smallest absolute Gasteiger partial charge is 0.0607 e. The van der Waals surface area contributed by atoms with Crippen LogP contribution in [-0.4, -0.2) is 16.7 Å². The first-order chi connectivity index (χ1) is 8.85. The average molecular weight is 243 g/mol. The number of rotatable bonds is 6. The molecule has 2 aromatic rings. The van der Waals surface area contributed by atoms with Crippen molar-refractivity contribution in [2.75, 3.05) is 6.54 Å². The van der Waals surface area contributed by atoms with Crippen LogP contribution < -0.4 is 5.32 Å². The Morgan fingerprint density at radius 1 is 1.17 bits per heavy atom. The molecule has 1 unspecified atom stereocenters. The fraction of sp³-hybridized carbons (Fsp3) is 0.400. The lowest BCUT2D eigenvalue weighted by Gasteiger charge is -2.17. The van der Waals surface area contributed by atoms with Crippen LogP contribution in [0.5, 0.6) is 0 Å². The standard InChI is InChI=1S/C15H21N3/c1-3-9-16-15(14-10-17-18-11-14)13-7-5-12(4-2)6-8-13/h5-8,10-11,15-16H,3-4,9H2,1-2H3,(H,17,18). The van der Waals surface area contributed by atoms with E-state index < -0.39 is 0 Å². The van der Waals surface area contributed by atoms with Gasteiger partial charge in [-0.1, -0.05) is 38.1 Å². The normalized spacial score (nSPS) is 12.6. The number of aromatic amines is 1. The Bertz CT molecular complexity index is 445. The molecule has 0 radical (unpaired) electrons. The second kappa shape index (κ2) is 6.36. The first kappa shape index (κ1) is 12.8. The molecule has 0 bridgehead atoms. The molecule has 1 aromatic carbocycles. The third kappa shape index (κ3) is 2.99. The van der Waals surface area contributed by atoms with E-state index in [1.807, 2.05) is 12.4 Å². The van der Waals surface area contributed by atoms with Gasteiger partial charge in [-0.15, -0.1) is 0 Å². The minimum atomic E-state index is 0.231. The maximum atomic E-state index is 4.05. The van der Waals surface area contributed by atoms with Crippen molar-refractivity contribution >= 4 is 0 Å². The van der Waals surface area contributed by atoms with Gasteiger partial charge in [0.2, 0.25) is 0 Å². The summed E-state index contributed by atoms with van der Waals surface area (Å²) in [5.41, 5.74) is 3.86. The third-order valence-corrected chi connectivity index (χ3v) is 3.17. The first-order valence-corrected chi connectivity index (χ1v) is 6.66. The second-order valence-corrected chi connectivity index (χ2v) is 4.51. The predicted molar refractivity (Wildman–Crippen MR) is 74.5 cm³/mol. The molecule has 3 nitrogen and oxygen atoms in total. The highest BCUT2D eigenvalue weighted by atomic mass is 15.1. The Kier molecular flexibility index (Phi) is 4.53. The number of nitrogens with one attached hydrogen (secondary N) is 2. The van der Waals surface area contributed by atoms with Crippen molar-refractivity contribution in [3.8, 4) is 0 Å². The van der Waals surface area contributed by atoms with Crippen LogP contribution in [0.1, 0.15) is 43.0 Å². The number of hydrogen-bond donors (Lipinski definition) is 2. The number of benzene rings is 1. The molecule has 18 heavy (non-hydrogen) atoms. The van der Waals surface area contributed by atoms with E-state index in [4.69, 9.17) is 0 Å². The van der Waals surface area contributed by atoms with Crippen LogP contribution in [0.2, 0.25) is 0 Å². The van der Waals surface area contributed by atoms with Crippen LogP contribution in [0.3, 0.4) is 0 Å². The molecule has 1 atom stereocenters. The molecule has 0 saturated heterocycles. The van der Waals surface area contributed by atoms with Gasteiger partial charge in [0.1, 0.15) is 0 Å². The molecular weight excluding hydrogens is 222 g/mol. The summed E-state index contributed by atoms with van der Waals surface area (Å²) in [6, 6.07) is 9.05. The summed E-state index contributed by atoms with van der Waals surface area (Å²) in [6.45, 7) is 5.36. The lowest BCUT2D eigenvalue weighted by Crippen LogP contribution is -2.22. The summed E-state index contributed by atoms with van der Waals surface area (Å²) in [4.78, 5) is 0.